The zero-order valence-corrected chi connectivity index (χ0v) is 17.8. The number of carboxylic acids is 1. The Labute approximate surface area is 183 Å². The van der Waals surface area contributed by atoms with Gasteiger partial charge in [-0.25, -0.2) is 19.3 Å². The first-order chi connectivity index (χ1) is 15.4. The molecule has 1 aliphatic rings. The smallest absolute Gasteiger partial charge is 0.308 e. The van der Waals surface area contributed by atoms with Gasteiger partial charge < -0.3 is 14.7 Å². The lowest BCUT2D eigenvalue weighted by Gasteiger charge is -2.18. The van der Waals surface area contributed by atoms with Crippen molar-refractivity contribution in [1.29, 1.82) is 0 Å². The molecule has 162 valence electrons. The van der Waals surface area contributed by atoms with E-state index in [9.17, 15) is 14.3 Å². The Morgan fingerprint density at radius 3 is 2.88 bits per heavy atom. The molecule has 7 nitrogen and oxygen atoms in total. The predicted octanol–water partition coefficient (Wildman–Crippen LogP) is 4.55. The zero-order chi connectivity index (χ0) is 22.4. The van der Waals surface area contributed by atoms with Gasteiger partial charge in [-0.2, -0.15) is 0 Å². The molecule has 0 amide bonds. The molecule has 2 N–H and O–H groups in total. The molecule has 4 heterocycles. The summed E-state index contributed by atoms with van der Waals surface area (Å²) < 4.78 is 15.6. The summed E-state index contributed by atoms with van der Waals surface area (Å²) in [5.74, 6) is 5.62. The van der Waals surface area contributed by atoms with Crippen molar-refractivity contribution in [3.8, 4) is 23.2 Å². The van der Waals surface area contributed by atoms with Crippen LogP contribution >= 0.6 is 0 Å². The number of carbonyl (C=O) groups is 1. The number of fused-ring (bicyclic) bond motifs is 2. The van der Waals surface area contributed by atoms with E-state index in [-0.39, 0.29) is 6.04 Å². The highest BCUT2D eigenvalue weighted by Crippen LogP contribution is 2.33. The molecule has 1 aliphatic carbocycles. The highest BCUT2D eigenvalue weighted by molar-refractivity contribution is 5.93. The topological polar surface area (TPSA) is 96.7 Å². The highest BCUT2D eigenvalue weighted by Gasteiger charge is 2.25. The summed E-state index contributed by atoms with van der Waals surface area (Å²) >= 11 is 0. The van der Waals surface area contributed by atoms with Gasteiger partial charge in [0.05, 0.1) is 23.1 Å². The van der Waals surface area contributed by atoms with Gasteiger partial charge in [0.15, 0.2) is 5.82 Å². The second kappa shape index (κ2) is 7.75. The third-order valence-corrected chi connectivity index (χ3v) is 6.17. The third-order valence-electron chi connectivity index (χ3n) is 6.17. The molecule has 8 heteroatoms. The monoisotopic (exact) mass is 431 g/mol. The molecule has 2 atom stereocenters. The van der Waals surface area contributed by atoms with Gasteiger partial charge >= 0.3 is 5.97 Å². The van der Waals surface area contributed by atoms with Gasteiger partial charge in [0.25, 0.3) is 0 Å². The standard InChI is InChI=1S/C24H22FN5O2/c1-13(24(31)32)14(2)30-12-16(5-3-4-15-6-7-15)19-10-28-22(29-23(19)30)20-11-27-21-18(20)8-17(25)9-26-21/h8-15H,4,6-7H2,1-2H3,(H,26,27)(H,31,32)/t13-,14-/m1/s1. The summed E-state index contributed by atoms with van der Waals surface area (Å²) in [4.78, 5) is 28.0. The number of nitrogens with zero attached hydrogens (tertiary/aromatic N) is 4. The molecule has 0 aromatic carbocycles. The van der Waals surface area contributed by atoms with Crippen LogP contribution in [0.5, 0.6) is 0 Å². The summed E-state index contributed by atoms with van der Waals surface area (Å²) in [5, 5.41) is 10.9. The molecule has 1 fully saturated rings. The molecule has 4 aromatic heterocycles. The number of hydrogen-bond acceptors (Lipinski definition) is 4. The van der Waals surface area contributed by atoms with Crippen LogP contribution in [0.3, 0.4) is 0 Å². The summed E-state index contributed by atoms with van der Waals surface area (Å²) in [7, 11) is 0. The normalized spacial score (nSPS) is 15.5. The number of aromatic nitrogens is 5. The van der Waals surface area contributed by atoms with E-state index in [4.69, 9.17) is 4.98 Å². The van der Waals surface area contributed by atoms with E-state index in [0.29, 0.717) is 34.0 Å². The number of H-pyrrole nitrogens is 1. The Kier molecular flexibility index (Phi) is 4.89. The molecule has 0 radical (unpaired) electrons. The molecule has 0 aliphatic heterocycles. The van der Waals surface area contributed by atoms with Crippen molar-refractivity contribution in [3.05, 3.63) is 42.2 Å². The number of rotatable bonds is 5. The maximum Gasteiger partial charge on any atom is 0.308 e. The van der Waals surface area contributed by atoms with Crippen molar-refractivity contribution >= 4 is 28.0 Å². The lowest BCUT2D eigenvalue weighted by atomic mass is 10.0. The number of halogens is 1. The maximum absolute atomic E-state index is 13.8. The van der Waals surface area contributed by atoms with E-state index in [1.807, 2.05) is 17.7 Å². The van der Waals surface area contributed by atoms with Gasteiger partial charge in [0.2, 0.25) is 0 Å². The minimum atomic E-state index is -0.881. The largest absolute Gasteiger partial charge is 0.481 e. The molecular weight excluding hydrogens is 409 g/mol. The van der Waals surface area contributed by atoms with Crippen LogP contribution in [0.1, 0.15) is 44.7 Å². The fourth-order valence-corrected chi connectivity index (χ4v) is 3.79. The lowest BCUT2D eigenvalue weighted by molar-refractivity contribution is -0.142. The van der Waals surface area contributed by atoms with Gasteiger partial charge in [-0.15, -0.1) is 0 Å². The Balaban J connectivity index is 1.65. The minimum Gasteiger partial charge on any atom is -0.481 e. The number of aromatic amines is 1. The first-order valence-electron chi connectivity index (χ1n) is 10.6. The summed E-state index contributed by atoms with van der Waals surface area (Å²) in [6.07, 6.45) is 9.75. The Hall–Kier alpha value is -3.73. The Morgan fingerprint density at radius 1 is 1.31 bits per heavy atom. The van der Waals surface area contributed by atoms with E-state index in [1.165, 1.54) is 18.9 Å². The number of carboxylic acid groups (broad SMARTS) is 1. The summed E-state index contributed by atoms with van der Waals surface area (Å²) in [5.41, 5.74) is 2.55. The second-order valence-corrected chi connectivity index (χ2v) is 8.45. The molecule has 0 unspecified atom stereocenters. The van der Waals surface area contributed by atoms with Crippen LogP contribution in [0, 0.1) is 29.5 Å². The summed E-state index contributed by atoms with van der Waals surface area (Å²) in [6, 6.07) is 1.05. The quantitative estimate of drug-likeness (QED) is 0.452. The van der Waals surface area contributed by atoms with E-state index in [0.717, 1.165) is 23.6 Å². The van der Waals surface area contributed by atoms with Crippen molar-refractivity contribution < 1.29 is 14.3 Å². The van der Waals surface area contributed by atoms with Crippen LogP contribution in [0.15, 0.2) is 30.9 Å². The molecule has 0 bridgehead atoms. The first kappa shape index (κ1) is 20.2. The van der Waals surface area contributed by atoms with Gasteiger partial charge in [-0.1, -0.05) is 11.8 Å². The van der Waals surface area contributed by atoms with Crippen molar-refractivity contribution in [3.63, 3.8) is 0 Å². The third kappa shape index (κ3) is 3.60. The fraction of sp³-hybridized carbons (Fsp3) is 0.333. The Bertz CT molecular complexity index is 1410. The first-order valence-corrected chi connectivity index (χ1v) is 10.6. The summed E-state index contributed by atoms with van der Waals surface area (Å²) in [6.45, 7) is 3.53. The highest BCUT2D eigenvalue weighted by atomic mass is 19.1. The molecule has 4 aromatic rings. The Morgan fingerprint density at radius 2 is 2.12 bits per heavy atom. The van der Waals surface area contributed by atoms with Crippen LogP contribution in [0.2, 0.25) is 0 Å². The average Bonchev–Trinajstić information content (AvgIpc) is 3.40. The van der Waals surface area contributed by atoms with Crippen molar-refractivity contribution in [2.75, 3.05) is 0 Å². The molecule has 0 spiro atoms. The van der Waals surface area contributed by atoms with Crippen LogP contribution in [-0.2, 0) is 4.79 Å². The van der Waals surface area contributed by atoms with Crippen molar-refractivity contribution in [1.82, 2.24) is 24.5 Å². The van der Waals surface area contributed by atoms with Crippen LogP contribution in [-0.4, -0.2) is 35.6 Å². The van der Waals surface area contributed by atoms with Crippen molar-refractivity contribution in [2.45, 2.75) is 39.2 Å². The maximum atomic E-state index is 13.8. The molecule has 1 saturated carbocycles. The molecule has 32 heavy (non-hydrogen) atoms. The molecule has 0 saturated heterocycles. The second-order valence-electron chi connectivity index (χ2n) is 8.45. The molecular formula is C24H22FN5O2. The number of pyridine rings is 1. The predicted molar refractivity (Wildman–Crippen MR) is 118 cm³/mol. The number of aliphatic carboxylic acids is 1. The number of hydrogen-bond donors (Lipinski definition) is 2. The van der Waals surface area contributed by atoms with Gasteiger partial charge in [-0.05, 0) is 38.7 Å². The zero-order valence-electron chi connectivity index (χ0n) is 17.8. The van der Waals surface area contributed by atoms with Gasteiger partial charge in [-0.3, -0.25) is 4.79 Å². The lowest BCUT2D eigenvalue weighted by Crippen LogP contribution is -2.21. The average molecular weight is 431 g/mol. The van der Waals surface area contributed by atoms with Crippen molar-refractivity contribution in [2.24, 2.45) is 11.8 Å². The molecule has 5 rings (SSSR count). The van der Waals surface area contributed by atoms with Gasteiger partial charge in [0, 0.05) is 42.0 Å². The van der Waals surface area contributed by atoms with E-state index < -0.39 is 17.7 Å². The minimum absolute atomic E-state index is 0.348. The van der Waals surface area contributed by atoms with E-state index >= 15 is 0 Å². The number of nitrogens with one attached hydrogen (secondary N) is 1. The SMILES string of the molecule is C[C@H]([C@@H](C)C(=O)O)n1cc(C#CCC2CC2)c2cnc(-c3c[nH]c4ncc(F)cc34)nc21. The van der Waals surface area contributed by atoms with Gasteiger partial charge in [0.1, 0.15) is 17.1 Å². The van der Waals surface area contributed by atoms with E-state index in [1.54, 1.807) is 19.3 Å². The van der Waals surface area contributed by atoms with E-state index in [2.05, 4.69) is 26.8 Å². The fourth-order valence-electron chi connectivity index (χ4n) is 3.79. The van der Waals surface area contributed by atoms with Crippen LogP contribution in [0.4, 0.5) is 4.39 Å². The van der Waals surface area contributed by atoms with Crippen LogP contribution < -0.4 is 0 Å². The van der Waals surface area contributed by atoms with Crippen LogP contribution in [0.25, 0.3) is 33.5 Å².